The van der Waals surface area contributed by atoms with Crippen molar-refractivity contribution < 1.29 is 18.3 Å². The maximum absolute atomic E-state index is 13.7. The van der Waals surface area contributed by atoms with Gasteiger partial charge in [0.05, 0.1) is 18.4 Å². The van der Waals surface area contributed by atoms with Gasteiger partial charge in [0.15, 0.2) is 11.6 Å². The fourth-order valence-electron chi connectivity index (χ4n) is 3.04. The van der Waals surface area contributed by atoms with Crippen LogP contribution in [0.25, 0.3) is 0 Å². The molecule has 0 atom stereocenters. The predicted molar refractivity (Wildman–Crippen MR) is 113 cm³/mol. The summed E-state index contributed by atoms with van der Waals surface area (Å²) in [5, 5.41) is 7.09. The molecule has 4 rings (SSSR count). The molecule has 1 N–H and O–H groups in total. The van der Waals surface area contributed by atoms with Crippen LogP contribution < -0.4 is 10.1 Å². The smallest absolute Gasteiger partial charge is 0.255 e. The van der Waals surface area contributed by atoms with Crippen LogP contribution in [0.3, 0.4) is 0 Å². The van der Waals surface area contributed by atoms with E-state index in [0.717, 1.165) is 17.7 Å². The number of aromatic nitrogens is 2. The van der Waals surface area contributed by atoms with E-state index in [2.05, 4.69) is 10.4 Å². The zero-order valence-electron chi connectivity index (χ0n) is 16.5. The molecule has 31 heavy (non-hydrogen) atoms. The highest BCUT2D eigenvalue weighted by atomic mass is 19.1. The van der Waals surface area contributed by atoms with Crippen molar-refractivity contribution in [1.29, 1.82) is 0 Å². The Morgan fingerprint density at radius 1 is 0.968 bits per heavy atom. The summed E-state index contributed by atoms with van der Waals surface area (Å²) in [6, 6.07) is 19.8. The first-order chi connectivity index (χ1) is 15.1. The Labute approximate surface area is 177 Å². The molecule has 0 aliphatic carbocycles. The van der Waals surface area contributed by atoms with Crippen LogP contribution >= 0.6 is 0 Å². The molecule has 156 valence electrons. The summed E-state index contributed by atoms with van der Waals surface area (Å²) in [4.78, 5) is 12.6. The van der Waals surface area contributed by atoms with Crippen molar-refractivity contribution in [3.05, 3.63) is 114 Å². The third-order valence-corrected chi connectivity index (χ3v) is 4.56. The van der Waals surface area contributed by atoms with Crippen molar-refractivity contribution >= 4 is 11.6 Å². The second kappa shape index (κ2) is 9.21. The summed E-state index contributed by atoms with van der Waals surface area (Å²) in [6.07, 6.45) is 3.35. The van der Waals surface area contributed by atoms with E-state index in [9.17, 15) is 13.6 Å². The average molecular weight is 419 g/mol. The molecule has 5 nitrogen and oxygen atoms in total. The molecule has 0 saturated carbocycles. The second-order valence-electron chi connectivity index (χ2n) is 6.93. The van der Waals surface area contributed by atoms with Crippen LogP contribution in [0.1, 0.15) is 21.5 Å². The van der Waals surface area contributed by atoms with E-state index in [0.29, 0.717) is 23.4 Å². The lowest BCUT2D eigenvalue weighted by atomic mass is 10.1. The van der Waals surface area contributed by atoms with Crippen LogP contribution in [0.15, 0.2) is 85.2 Å². The Morgan fingerprint density at radius 3 is 2.58 bits per heavy atom. The van der Waals surface area contributed by atoms with Gasteiger partial charge < -0.3 is 10.1 Å². The number of halogens is 2. The van der Waals surface area contributed by atoms with Gasteiger partial charge in [-0.3, -0.25) is 9.48 Å². The first kappa shape index (κ1) is 20.3. The van der Waals surface area contributed by atoms with Crippen molar-refractivity contribution in [2.45, 2.75) is 13.2 Å². The molecule has 1 heterocycles. The minimum absolute atomic E-state index is 0.0404. The fourth-order valence-corrected chi connectivity index (χ4v) is 3.04. The topological polar surface area (TPSA) is 56.2 Å². The van der Waals surface area contributed by atoms with Crippen LogP contribution in [-0.2, 0) is 13.2 Å². The Bertz CT molecular complexity index is 1190. The minimum Gasteiger partial charge on any atom is -0.486 e. The minimum atomic E-state index is -0.776. The van der Waals surface area contributed by atoms with Crippen LogP contribution in [0.4, 0.5) is 14.5 Å². The van der Waals surface area contributed by atoms with Gasteiger partial charge >= 0.3 is 0 Å². The molecule has 0 unspecified atom stereocenters. The molecular weight excluding hydrogens is 400 g/mol. The van der Waals surface area contributed by atoms with Gasteiger partial charge in [-0.15, -0.1) is 0 Å². The Morgan fingerprint density at radius 2 is 1.77 bits per heavy atom. The van der Waals surface area contributed by atoms with Gasteiger partial charge in [0, 0.05) is 17.8 Å². The third kappa shape index (κ3) is 5.33. The number of nitrogens with one attached hydrogen (secondary N) is 1. The molecule has 4 aromatic rings. The molecule has 0 aliphatic rings. The Balaban J connectivity index is 1.38. The van der Waals surface area contributed by atoms with Crippen LogP contribution in [0, 0.1) is 11.6 Å². The van der Waals surface area contributed by atoms with Gasteiger partial charge in [0.25, 0.3) is 5.91 Å². The van der Waals surface area contributed by atoms with Gasteiger partial charge in [-0.1, -0.05) is 42.5 Å². The first-order valence-electron chi connectivity index (χ1n) is 9.61. The second-order valence-corrected chi connectivity index (χ2v) is 6.93. The number of anilines is 1. The molecule has 3 aromatic carbocycles. The molecule has 0 radical (unpaired) electrons. The molecule has 7 heteroatoms. The monoisotopic (exact) mass is 419 g/mol. The Hall–Kier alpha value is -4.00. The highest BCUT2D eigenvalue weighted by Crippen LogP contribution is 2.19. The van der Waals surface area contributed by atoms with Crippen molar-refractivity contribution in [2.75, 3.05) is 5.32 Å². The maximum Gasteiger partial charge on any atom is 0.255 e. The van der Waals surface area contributed by atoms with E-state index in [4.69, 9.17) is 4.74 Å². The van der Waals surface area contributed by atoms with E-state index in [1.54, 1.807) is 41.3 Å². The van der Waals surface area contributed by atoms with Crippen LogP contribution in [-0.4, -0.2) is 15.7 Å². The number of carbonyl (C=O) groups excluding carboxylic acids is 1. The summed E-state index contributed by atoms with van der Waals surface area (Å²) < 4.78 is 33.8. The molecule has 0 fully saturated rings. The van der Waals surface area contributed by atoms with Crippen molar-refractivity contribution in [2.24, 2.45) is 0 Å². The number of benzene rings is 3. The summed E-state index contributed by atoms with van der Waals surface area (Å²) in [7, 11) is 0. The lowest BCUT2D eigenvalue weighted by Crippen LogP contribution is -2.12. The number of hydrogen-bond donors (Lipinski definition) is 1. The third-order valence-electron chi connectivity index (χ3n) is 4.56. The number of carbonyl (C=O) groups is 1. The van der Waals surface area contributed by atoms with Gasteiger partial charge in [0.2, 0.25) is 0 Å². The van der Waals surface area contributed by atoms with E-state index >= 15 is 0 Å². The molecule has 0 spiro atoms. The molecular formula is C24H19F2N3O2. The van der Waals surface area contributed by atoms with Gasteiger partial charge in [0.1, 0.15) is 12.4 Å². The van der Waals surface area contributed by atoms with Gasteiger partial charge in [-0.25, -0.2) is 8.78 Å². The predicted octanol–water partition coefficient (Wildman–Crippen LogP) is 5.04. The molecule has 1 amide bonds. The largest absolute Gasteiger partial charge is 0.486 e. The zero-order valence-corrected chi connectivity index (χ0v) is 16.5. The number of amides is 1. The first-order valence-corrected chi connectivity index (χ1v) is 9.61. The fraction of sp³-hybridized carbons (Fsp3) is 0.0833. The SMILES string of the molecule is O=C(Nc1cnn(Cc2ccccc2)c1)c1cccc(COc2ccc(F)cc2F)c1. The molecule has 0 saturated heterocycles. The van der Waals surface area contributed by atoms with E-state index < -0.39 is 11.6 Å². The molecule has 0 bridgehead atoms. The number of hydrogen-bond acceptors (Lipinski definition) is 3. The number of ether oxygens (including phenoxy) is 1. The quantitative estimate of drug-likeness (QED) is 0.457. The van der Waals surface area contributed by atoms with Crippen LogP contribution in [0.5, 0.6) is 5.75 Å². The summed E-state index contributed by atoms with van der Waals surface area (Å²) in [5.74, 6) is -1.80. The van der Waals surface area contributed by atoms with Gasteiger partial charge in [-0.05, 0) is 35.4 Å². The molecule has 0 aliphatic heterocycles. The van der Waals surface area contributed by atoms with Crippen LogP contribution in [0.2, 0.25) is 0 Å². The summed E-state index contributed by atoms with van der Waals surface area (Å²) in [6.45, 7) is 0.641. The maximum atomic E-state index is 13.7. The zero-order chi connectivity index (χ0) is 21.6. The van der Waals surface area contributed by atoms with Crippen molar-refractivity contribution in [3.8, 4) is 5.75 Å². The van der Waals surface area contributed by atoms with E-state index in [1.165, 1.54) is 6.07 Å². The standard InChI is InChI=1S/C24H19F2N3O2/c25-20-9-10-23(22(26)12-20)31-16-18-7-4-8-19(11-18)24(30)28-21-13-27-29(15-21)14-17-5-2-1-3-6-17/h1-13,15H,14,16H2,(H,28,30). The van der Waals surface area contributed by atoms with E-state index in [-0.39, 0.29) is 18.3 Å². The average Bonchev–Trinajstić information content (AvgIpc) is 3.20. The summed E-state index contributed by atoms with van der Waals surface area (Å²) >= 11 is 0. The normalized spacial score (nSPS) is 10.6. The lowest BCUT2D eigenvalue weighted by molar-refractivity contribution is 0.102. The lowest BCUT2D eigenvalue weighted by Gasteiger charge is -2.09. The summed E-state index contributed by atoms with van der Waals surface area (Å²) in [5.41, 5.74) is 2.79. The highest BCUT2D eigenvalue weighted by molar-refractivity contribution is 6.04. The van der Waals surface area contributed by atoms with Crippen molar-refractivity contribution in [3.63, 3.8) is 0 Å². The van der Waals surface area contributed by atoms with Crippen molar-refractivity contribution in [1.82, 2.24) is 9.78 Å². The van der Waals surface area contributed by atoms with Gasteiger partial charge in [-0.2, -0.15) is 5.10 Å². The number of nitrogens with zero attached hydrogens (tertiary/aromatic N) is 2. The molecule has 1 aromatic heterocycles. The number of rotatable bonds is 7. The highest BCUT2D eigenvalue weighted by Gasteiger charge is 2.10. The Kier molecular flexibility index (Phi) is 6.03. The van der Waals surface area contributed by atoms with E-state index in [1.807, 2.05) is 30.3 Å².